The summed E-state index contributed by atoms with van der Waals surface area (Å²) in [4.78, 5) is 12.2. The molecule has 3 N–H and O–H groups in total. The fourth-order valence-electron chi connectivity index (χ4n) is 1.94. The van der Waals surface area contributed by atoms with E-state index in [1.54, 1.807) is 38.2 Å². The first-order valence-corrected chi connectivity index (χ1v) is 6.36. The van der Waals surface area contributed by atoms with Gasteiger partial charge < -0.3 is 15.8 Å². The van der Waals surface area contributed by atoms with E-state index < -0.39 is 0 Å². The van der Waals surface area contributed by atoms with E-state index in [1.807, 2.05) is 6.92 Å². The molecule has 0 bridgehead atoms. The van der Waals surface area contributed by atoms with Crippen LogP contribution in [-0.2, 0) is 7.05 Å². The van der Waals surface area contributed by atoms with Gasteiger partial charge in [0.25, 0.3) is 5.91 Å². The summed E-state index contributed by atoms with van der Waals surface area (Å²) >= 11 is 0. The zero-order valence-electron chi connectivity index (χ0n) is 11.8. The van der Waals surface area contributed by atoms with Crippen LogP contribution in [0.3, 0.4) is 0 Å². The summed E-state index contributed by atoms with van der Waals surface area (Å²) in [7, 11) is 1.69. The highest BCUT2D eigenvalue weighted by atomic mass is 16.5. The van der Waals surface area contributed by atoms with E-state index in [1.165, 1.54) is 4.68 Å². The zero-order chi connectivity index (χ0) is 14.7. The zero-order valence-corrected chi connectivity index (χ0v) is 11.8. The van der Waals surface area contributed by atoms with E-state index in [-0.39, 0.29) is 5.91 Å². The Kier molecular flexibility index (Phi) is 3.93. The number of aryl methyl sites for hydroxylation is 2. The predicted octanol–water partition coefficient (Wildman–Crippen LogP) is 1.96. The molecule has 106 valence electrons. The largest absolute Gasteiger partial charge is 0.494 e. The van der Waals surface area contributed by atoms with Crippen molar-refractivity contribution >= 4 is 17.3 Å². The second-order valence-electron chi connectivity index (χ2n) is 4.38. The number of benzene rings is 1. The molecule has 0 atom stereocenters. The lowest BCUT2D eigenvalue weighted by atomic mass is 10.2. The van der Waals surface area contributed by atoms with Gasteiger partial charge in [-0.1, -0.05) is 0 Å². The molecule has 0 spiro atoms. The van der Waals surface area contributed by atoms with Crippen molar-refractivity contribution < 1.29 is 9.53 Å². The van der Waals surface area contributed by atoms with E-state index in [0.29, 0.717) is 29.4 Å². The molecule has 0 aliphatic heterocycles. The predicted molar refractivity (Wildman–Crippen MR) is 77.9 cm³/mol. The van der Waals surface area contributed by atoms with Gasteiger partial charge in [-0.3, -0.25) is 9.48 Å². The first-order valence-electron chi connectivity index (χ1n) is 6.36. The molecule has 0 radical (unpaired) electrons. The molecular formula is C14H18N4O2. The van der Waals surface area contributed by atoms with Crippen LogP contribution in [0.15, 0.2) is 24.3 Å². The first kappa shape index (κ1) is 13.9. The fraction of sp³-hybridized carbons (Fsp3) is 0.286. The lowest BCUT2D eigenvalue weighted by Gasteiger charge is -2.08. The molecule has 0 fully saturated rings. The Morgan fingerprint density at radius 1 is 1.40 bits per heavy atom. The van der Waals surface area contributed by atoms with Crippen molar-refractivity contribution in [2.75, 3.05) is 17.7 Å². The molecule has 0 aliphatic rings. The molecule has 2 aromatic rings. The van der Waals surface area contributed by atoms with Gasteiger partial charge >= 0.3 is 0 Å². The summed E-state index contributed by atoms with van der Waals surface area (Å²) in [6, 6.07) is 7.17. The molecule has 1 heterocycles. The fourth-order valence-corrected chi connectivity index (χ4v) is 1.94. The Balaban J connectivity index is 2.15. The number of rotatable bonds is 4. The quantitative estimate of drug-likeness (QED) is 0.893. The molecule has 20 heavy (non-hydrogen) atoms. The van der Waals surface area contributed by atoms with Crippen LogP contribution in [-0.4, -0.2) is 22.3 Å². The van der Waals surface area contributed by atoms with Crippen molar-refractivity contribution in [2.45, 2.75) is 13.8 Å². The summed E-state index contributed by atoms with van der Waals surface area (Å²) in [6.45, 7) is 4.29. The van der Waals surface area contributed by atoms with Gasteiger partial charge in [-0.25, -0.2) is 0 Å². The van der Waals surface area contributed by atoms with Crippen LogP contribution in [0.4, 0.5) is 11.4 Å². The molecule has 0 aliphatic carbocycles. The van der Waals surface area contributed by atoms with Gasteiger partial charge in [0, 0.05) is 12.7 Å². The Morgan fingerprint density at radius 2 is 2.05 bits per heavy atom. The van der Waals surface area contributed by atoms with Crippen LogP contribution in [0.5, 0.6) is 5.75 Å². The van der Waals surface area contributed by atoms with E-state index in [0.717, 1.165) is 5.75 Å². The smallest absolute Gasteiger partial charge is 0.276 e. The minimum atomic E-state index is -0.283. The molecule has 1 amide bonds. The number of nitrogen functional groups attached to an aromatic ring is 1. The average Bonchev–Trinajstić information content (AvgIpc) is 2.66. The lowest BCUT2D eigenvalue weighted by Crippen LogP contribution is -2.17. The van der Waals surface area contributed by atoms with Gasteiger partial charge in [0.05, 0.1) is 18.0 Å². The lowest BCUT2D eigenvalue weighted by molar-refractivity contribution is 0.101. The van der Waals surface area contributed by atoms with Crippen molar-refractivity contribution in [3.63, 3.8) is 0 Å². The molecule has 0 saturated carbocycles. The maximum Gasteiger partial charge on any atom is 0.276 e. The SMILES string of the molecule is CCOc1ccc(NC(=O)c2c(N)c(C)nn2C)cc1. The molecule has 0 saturated heterocycles. The van der Waals surface area contributed by atoms with Crippen LogP contribution < -0.4 is 15.8 Å². The van der Waals surface area contributed by atoms with Crippen LogP contribution in [0.2, 0.25) is 0 Å². The third-order valence-electron chi connectivity index (χ3n) is 2.91. The minimum absolute atomic E-state index is 0.283. The van der Waals surface area contributed by atoms with Gasteiger partial charge in [0.2, 0.25) is 0 Å². The first-order chi connectivity index (χ1) is 9.52. The molecule has 1 aromatic heterocycles. The highest BCUT2D eigenvalue weighted by Gasteiger charge is 2.17. The molecular weight excluding hydrogens is 256 g/mol. The highest BCUT2D eigenvalue weighted by Crippen LogP contribution is 2.19. The molecule has 6 nitrogen and oxygen atoms in total. The Bertz CT molecular complexity index is 617. The number of nitrogens with zero attached hydrogens (tertiary/aromatic N) is 2. The number of ether oxygens (including phenoxy) is 1. The van der Waals surface area contributed by atoms with Crippen LogP contribution >= 0.6 is 0 Å². The Hall–Kier alpha value is -2.50. The molecule has 6 heteroatoms. The van der Waals surface area contributed by atoms with E-state index >= 15 is 0 Å². The summed E-state index contributed by atoms with van der Waals surface area (Å²) in [6.07, 6.45) is 0. The molecule has 2 rings (SSSR count). The third kappa shape index (κ3) is 2.74. The monoisotopic (exact) mass is 274 g/mol. The summed E-state index contributed by atoms with van der Waals surface area (Å²) < 4.78 is 6.83. The standard InChI is InChI=1S/C14H18N4O2/c1-4-20-11-7-5-10(6-8-11)16-14(19)13-12(15)9(2)17-18(13)3/h5-8H,4,15H2,1-3H3,(H,16,19). The van der Waals surface area contributed by atoms with Gasteiger partial charge in [0.1, 0.15) is 11.4 Å². The van der Waals surface area contributed by atoms with E-state index in [2.05, 4.69) is 10.4 Å². The maximum absolute atomic E-state index is 12.2. The Morgan fingerprint density at radius 3 is 2.55 bits per heavy atom. The topological polar surface area (TPSA) is 82.2 Å². The van der Waals surface area contributed by atoms with E-state index in [9.17, 15) is 4.79 Å². The van der Waals surface area contributed by atoms with Crippen molar-refractivity contribution in [1.82, 2.24) is 9.78 Å². The van der Waals surface area contributed by atoms with Crippen LogP contribution in [0.1, 0.15) is 23.1 Å². The number of anilines is 2. The third-order valence-corrected chi connectivity index (χ3v) is 2.91. The molecule has 1 aromatic carbocycles. The van der Waals surface area contributed by atoms with Crippen LogP contribution in [0, 0.1) is 6.92 Å². The number of hydrogen-bond acceptors (Lipinski definition) is 4. The van der Waals surface area contributed by atoms with Gasteiger partial charge in [0.15, 0.2) is 0 Å². The number of nitrogens with two attached hydrogens (primary N) is 1. The van der Waals surface area contributed by atoms with Crippen molar-refractivity contribution in [2.24, 2.45) is 7.05 Å². The average molecular weight is 274 g/mol. The van der Waals surface area contributed by atoms with Gasteiger partial charge in [-0.2, -0.15) is 5.10 Å². The number of carbonyl (C=O) groups is 1. The van der Waals surface area contributed by atoms with Crippen LogP contribution in [0.25, 0.3) is 0 Å². The van der Waals surface area contributed by atoms with Gasteiger partial charge in [-0.15, -0.1) is 0 Å². The molecule has 0 unspecified atom stereocenters. The number of hydrogen-bond donors (Lipinski definition) is 2. The second-order valence-corrected chi connectivity index (χ2v) is 4.38. The number of nitrogens with one attached hydrogen (secondary N) is 1. The van der Waals surface area contributed by atoms with E-state index in [4.69, 9.17) is 10.5 Å². The minimum Gasteiger partial charge on any atom is -0.494 e. The number of aromatic nitrogens is 2. The van der Waals surface area contributed by atoms with Gasteiger partial charge in [-0.05, 0) is 38.1 Å². The summed E-state index contributed by atoms with van der Waals surface area (Å²) in [5.74, 6) is 0.483. The van der Waals surface area contributed by atoms with Crippen molar-refractivity contribution in [3.05, 3.63) is 35.7 Å². The Labute approximate surface area is 117 Å². The number of amides is 1. The summed E-state index contributed by atoms with van der Waals surface area (Å²) in [5.41, 5.74) is 7.93. The number of carbonyl (C=O) groups excluding carboxylic acids is 1. The van der Waals surface area contributed by atoms with Crippen molar-refractivity contribution in [1.29, 1.82) is 0 Å². The second kappa shape index (κ2) is 5.64. The highest BCUT2D eigenvalue weighted by molar-refractivity contribution is 6.06. The van der Waals surface area contributed by atoms with Crippen molar-refractivity contribution in [3.8, 4) is 5.75 Å². The summed E-state index contributed by atoms with van der Waals surface area (Å²) in [5, 5.41) is 6.91. The normalized spacial score (nSPS) is 10.3. The maximum atomic E-state index is 12.2.